The molecule has 2 N–H and O–H groups in total. The number of para-hydroxylation sites is 1. The van der Waals surface area contributed by atoms with Crippen LogP contribution in [0.15, 0.2) is 42.5 Å². The highest BCUT2D eigenvalue weighted by Crippen LogP contribution is 2.34. The molecule has 1 unspecified atom stereocenters. The van der Waals surface area contributed by atoms with E-state index in [1.807, 2.05) is 24.3 Å². The molecule has 0 aliphatic carbocycles. The maximum atomic E-state index is 13.1. The van der Waals surface area contributed by atoms with Crippen LogP contribution >= 0.6 is 0 Å². The number of carboxylic acid groups (broad SMARTS) is 1. The van der Waals surface area contributed by atoms with Crippen LogP contribution in [0.3, 0.4) is 0 Å². The van der Waals surface area contributed by atoms with Gasteiger partial charge in [0, 0.05) is 11.3 Å². The van der Waals surface area contributed by atoms with Crippen LogP contribution < -0.4 is 10.1 Å². The number of aromatic carboxylic acids is 1. The van der Waals surface area contributed by atoms with Crippen molar-refractivity contribution in [2.24, 2.45) is 0 Å². The molecule has 1 atom stereocenters. The maximum absolute atomic E-state index is 13.1. The Hall–Kier alpha value is -2.56. The molecule has 102 valence electrons. The minimum Gasteiger partial charge on any atom is -0.491 e. The molecule has 5 heteroatoms. The molecule has 0 saturated heterocycles. The van der Waals surface area contributed by atoms with Gasteiger partial charge in [-0.25, -0.2) is 9.18 Å². The van der Waals surface area contributed by atoms with Gasteiger partial charge in [0.25, 0.3) is 0 Å². The minimum atomic E-state index is -1.17. The Bertz CT molecular complexity index is 672. The zero-order chi connectivity index (χ0) is 14.1. The highest BCUT2D eigenvalue weighted by Gasteiger charge is 2.24. The van der Waals surface area contributed by atoms with Gasteiger partial charge in [-0.2, -0.15) is 0 Å². The van der Waals surface area contributed by atoms with Crippen molar-refractivity contribution >= 4 is 11.7 Å². The molecule has 1 aliphatic heterocycles. The molecule has 4 nitrogen and oxygen atoms in total. The molecule has 0 fully saturated rings. The summed E-state index contributed by atoms with van der Waals surface area (Å²) in [6.07, 6.45) is 0. The van der Waals surface area contributed by atoms with Crippen molar-refractivity contribution in [1.29, 1.82) is 0 Å². The summed E-state index contributed by atoms with van der Waals surface area (Å²) >= 11 is 0. The molecule has 0 amide bonds. The lowest BCUT2D eigenvalue weighted by Crippen LogP contribution is -2.14. The number of hydrogen-bond donors (Lipinski definition) is 2. The fourth-order valence-corrected chi connectivity index (χ4v) is 2.29. The van der Waals surface area contributed by atoms with Crippen LogP contribution in [0.4, 0.5) is 10.1 Å². The largest absolute Gasteiger partial charge is 0.491 e. The number of benzene rings is 2. The van der Waals surface area contributed by atoms with Crippen molar-refractivity contribution in [2.75, 3.05) is 11.9 Å². The van der Waals surface area contributed by atoms with Crippen LogP contribution in [0.25, 0.3) is 0 Å². The van der Waals surface area contributed by atoms with Crippen molar-refractivity contribution < 1.29 is 19.0 Å². The number of carbonyl (C=O) groups is 1. The number of nitrogens with one attached hydrogen (secondary N) is 1. The van der Waals surface area contributed by atoms with E-state index in [0.29, 0.717) is 12.3 Å². The van der Waals surface area contributed by atoms with Crippen LogP contribution in [-0.2, 0) is 0 Å². The van der Waals surface area contributed by atoms with Crippen LogP contribution in [0.1, 0.15) is 22.0 Å². The second-order valence-corrected chi connectivity index (χ2v) is 4.54. The van der Waals surface area contributed by atoms with Gasteiger partial charge >= 0.3 is 5.97 Å². The van der Waals surface area contributed by atoms with Gasteiger partial charge < -0.3 is 15.2 Å². The zero-order valence-electron chi connectivity index (χ0n) is 10.5. The maximum Gasteiger partial charge on any atom is 0.337 e. The molecule has 0 bridgehead atoms. The average molecular weight is 273 g/mol. The number of anilines is 1. The normalized spacial score (nSPS) is 16.4. The van der Waals surface area contributed by atoms with Gasteiger partial charge in [0.15, 0.2) is 0 Å². The van der Waals surface area contributed by atoms with Crippen LogP contribution in [0, 0.1) is 5.82 Å². The lowest BCUT2D eigenvalue weighted by Gasteiger charge is -2.15. The summed E-state index contributed by atoms with van der Waals surface area (Å²) in [6, 6.07) is 11.1. The van der Waals surface area contributed by atoms with Crippen molar-refractivity contribution in [3.63, 3.8) is 0 Å². The monoisotopic (exact) mass is 273 g/mol. The summed E-state index contributed by atoms with van der Waals surface area (Å²) in [4.78, 5) is 11.2. The van der Waals surface area contributed by atoms with E-state index in [-0.39, 0.29) is 11.6 Å². The van der Waals surface area contributed by atoms with Gasteiger partial charge in [0.1, 0.15) is 18.2 Å². The molecule has 20 heavy (non-hydrogen) atoms. The number of fused-ring (bicyclic) bond motifs is 1. The van der Waals surface area contributed by atoms with Gasteiger partial charge in [0.2, 0.25) is 0 Å². The van der Waals surface area contributed by atoms with E-state index in [1.54, 1.807) is 0 Å². The summed E-state index contributed by atoms with van der Waals surface area (Å²) in [7, 11) is 0. The molecule has 1 aliphatic rings. The molecule has 0 saturated carbocycles. The first-order chi connectivity index (χ1) is 9.65. The first kappa shape index (κ1) is 12.5. The molecule has 2 aromatic rings. The summed E-state index contributed by atoms with van der Waals surface area (Å²) in [5, 5.41) is 12.2. The Balaban J connectivity index is 1.92. The lowest BCUT2D eigenvalue weighted by molar-refractivity contribution is 0.0697. The van der Waals surface area contributed by atoms with E-state index in [0.717, 1.165) is 17.4 Å². The van der Waals surface area contributed by atoms with Crippen LogP contribution in [0.2, 0.25) is 0 Å². The van der Waals surface area contributed by atoms with Gasteiger partial charge in [0.05, 0.1) is 11.6 Å². The Labute approximate surface area is 114 Å². The quantitative estimate of drug-likeness (QED) is 0.902. The van der Waals surface area contributed by atoms with E-state index in [9.17, 15) is 9.18 Å². The molecule has 1 heterocycles. The Kier molecular flexibility index (Phi) is 3.02. The van der Waals surface area contributed by atoms with Crippen LogP contribution in [-0.4, -0.2) is 17.7 Å². The standard InChI is InChI=1S/C15H12FNO3/c16-9-5-6-12(11(7-9)15(18)19)17-13-8-20-14-4-2-1-3-10(13)14/h1-7,13,17H,8H2,(H,18,19). The van der Waals surface area contributed by atoms with E-state index in [4.69, 9.17) is 9.84 Å². The topological polar surface area (TPSA) is 58.6 Å². The number of rotatable bonds is 3. The van der Waals surface area contributed by atoms with E-state index in [2.05, 4.69) is 5.32 Å². The van der Waals surface area contributed by atoms with Crippen molar-refractivity contribution in [1.82, 2.24) is 0 Å². The Morgan fingerprint density at radius 2 is 2.10 bits per heavy atom. The van der Waals surface area contributed by atoms with E-state index < -0.39 is 11.8 Å². The number of carboxylic acids is 1. The van der Waals surface area contributed by atoms with Gasteiger partial charge in [-0.3, -0.25) is 0 Å². The van der Waals surface area contributed by atoms with Crippen LogP contribution in [0.5, 0.6) is 5.75 Å². The first-order valence-electron chi connectivity index (χ1n) is 6.16. The third-order valence-corrected chi connectivity index (χ3v) is 3.24. The minimum absolute atomic E-state index is 0.0885. The second kappa shape index (κ2) is 4.85. The number of hydrogen-bond acceptors (Lipinski definition) is 3. The highest BCUT2D eigenvalue weighted by atomic mass is 19.1. The Morgan fingerprint density at radius 1 is 1.30 bits per heavy atom. The summed E-state index contributed by atoms with van der Waals surface area (Å²) in [5.41, 5.74) is 1.26. The fraction of sp³-hybridized carbons (Fsp3) is 0.133. The molecule has 0 radical (unpaired) electrons. The Morgan fingerprint density at radius 3 is 2.90 bits per heavy atom. The van der Waals surface area contributed by atoms with E-state index in [1.165, 1.54) is 12.1 Å². The first-order valence-corrected chi connectivity index (χ1v) is 6.16. The zero-order valence-corrected chi connectivity index (χ0v) is 10.5. The van der Waals surface area contributed by atoms with E-state index >= 15 is 0 Å². The molecular weight excluding hydrogens is 261 g/mol. The second-order valence-electron chi connectivity index (χ2n) is 4.54. The SMILES string of the molecule is O=C(O)c1cc(F)ccc1NC1COc2ccccc21. The van der Waals surface area contributed by atoms with Crippen molar-refractivity contribution in [2.45, 2.75) is 6.04 Å². The summed E-state index contributed by atoms with van der Waals surface area (Å²) in [5.74, 6) is -0.959. The summed E-state index contributed by atoms with van der Waals surface area (Å²) < 4.78 is 18.7. The number of halogens is 1. The molecule has 0 spiro atoms. The molecule has 3 rings (SSSR count). The number of ether oxygens (including phenoxy) is 1. The fourth-order valence-electron chi connectivity index (χ4n) is 2.29. The molecular formula is C15H12FNO3. The van der Waals surface area contributed by atoms with Crippen molar-refractivity contribution in [3.8, 4) is 5.75 Å². The van der Waals surface area contributed by atoms with Crippen molar-refractivity contribution in [3.05, 3.63) is 59.4 Å². The smallest absolute Gasteiger partial charge is 0.337 e. The van der Waals surface area contributed by atoms with Gasteiger partial charge in [-0.15, -0.1) is 0 Å². The molecule has 2 aromatic carbocycles. The summed E-state index contributed by atoms with van der Waals surface area (Å²) in [6.45, 7) is 0.412. The third-order valence-electron chi connectivity index (χ3n) is 3.24. The predicted octanol–water partition coefficient (Wildman–Crippen LogP) is 3.07. The third kappa shape index (κ3) is 2.18. The van der Waals surface area contributed by atoms with Gasteiger partial charge in [-0.05, 0) is 24.3 Å². The average Bonchev–Trinajstić information content (AvgIpc) is 2.84. The lowest BCUT2D eigenvalue weighted by atomic mass is 10.1. The highest BCUT2D eigenvalue weighted by molar-refractivity contribution is 5.94. The predicted molar refractivity (Wildman–Crippen MR) is 71.7 cm³/mol. The van der Waals surface area contributed by atoms with Gasteiger partial charge in [-0.1, -0.05) is 18.2 Å². The molecule has 0 aromatic heterocycles.